The van der Waals surface area contributed by atoms with Crippen molar-refractivity contribution in [1.82, 2.24) is 0 Å². The number of rotatable bonds is 8. The summed E-state index contributed by atoms with van der Waals surface area (Å²) in [6.45, 7) is 5.80. The molecule has 0 fully saturated rings. The van der Waals surface area contributed by atoms with Gasteiger partial charge in [0.2, 0.25) is 5.78 Å². The molecule has 1 aromatic carbocycles. The smallest absolute Gasteiger partial charge is 0.331 e. The Kier molecular flexibility index (Phi) is 7.45. The van der Waals surface area contributed by atoms with Gasteiger partial charge in [-0.15, -0.1) is 11.3 Å². The molecule has 0 saturated carbocycles. The minimum absolute atomic E-state index is 0.218. The average Bonchev–Trinajstić information content (AvgIpc) is 2.98. The standard InChI is InChI=1S/C20H21ClO5S/c1-5-25-20-16(21)9-14(10-18(20)24-4)6-7-19(23)26-11-17(22)15-8-12(2)27-13(15)3/h6-10H,5,11H2,1-4H3. The van der Waals surface area contributed by atoms with Crippen LogP contribution in [0.5, 0.6) is 11.5 Å². The van der Waals surface area contributed by atoms with Crippen LogP contribution in [0.2, 0.25) is 5.02 Å². The number of esters is 1. The Labute approximate surface area is 167 Å². The molecule has 0 atom stereocenters. The molecule has 0 aliphatic rings. The Balaban J connectivity index is 2.01. The minimum Gasteiger partial charge on any atom is -0.493 e. The Morgan fingerprint density at radius 3 is 2.56 bits per heavy atom. The van der Waals surface area contributed by atoms with Gasteiger partial charge < -0.3 is 14.2 Å². The lowest BCUT2D eigenvalue weighted by Gasteiger charge is -2.11. The molecule has 0 N–H and O–H groups in total. The van der Waals surface area contributed by atoms with E-state index < -0.39 is 5.97 Å². The zero-order chi connectivity index (χ0) is 20.0. The minimum atomic E-state index is -0.614. The van der Waals surface area contributed by atoms with E-state index in [9.17, 15) is 9.59 Å². The lowest BCUT2D eigenvalue weighted by Crippen LogP contribution is -2.12. The third kappa shape index (κ3) is 5.58. The maximum absolute atomic E-state index is 12.1. The number of methoxy groups -OCH3 is 1. The molecule has 0 spiro atoms. The first-order valence-corrected chi connectivity index (χ1v) is 9.50. The second-order valence-corrected chi connectivity index (χ2v) is 7.53. The zero-order valence-corrected chi connectivity index (χ0v) is 17.2. The van der Waals surface area contributed by atoms with Crippen LogP contribution in [-0.2, 0) is 9.53 Å². The van der Waals surface area contributed by atoms with Gasteiger partial charge in [0.1, 0.15) is 0 Å². The van der Waals surface area contributed by atoms with Crippen LogP contribution in [0.25, 0.3) is 6.08 Å². The van der Waals surface area contributed by atoms with Crippen LogP contribution in [0.1, 0.15) is 32.6 Å². The van der Waals surface area contributed by atoms with E-state index in [1.54, 1.807) is 18.2 Å². The summed E-state index contributed by atoms with van der Waals surface area (Å²) >= 11 is 7.73. The maximum atomic E-state index is 12.1. The predicted molar refractivity (Wildman–Crippen MR) is 107 cm³/mol. The molecule has 0 unspecified atom stereocenters. The van der Waals surface area contributed by atoms with Crippen molar-refractivity contribution >= 4 is 40.8 Å². The third-order valence-corrected chi connectivity index (χ3v) is 4.89. The fourth-order valence-corrected chi connectivity index (χ4v) is 3.67. The Bertz CT molecular complexity index is 869. The van der Waals surface area contributed by atoms with Crippen molar-refractivity contribution < 1.29 is 23.8 Å². The SMILES string of the molecule is CCOc1c(Cl)cc(C=CC(=O)OCC(=O)c2cc(C)sc2C)cc1OC. The third-order valence-electron chi connectivity index (χ3n) is 3.64. The highest BCUT2D eigenvalue weighted by Crippen LogP contribution is 2.36. The van der Waals surface area contributed by atoms with Gasteiger partial charge in [-0.1, -0.05) is 11.6 Å². The van der Waals surface area contributed by atoms with Gasteiger partial charge in [0.05, 0.1) is 18.7 Å². The molecule has 0 aliphatic heterocycles. The molecule has 0 radical (unpaired) electrons. The van der Waals surface area contributed by atoms with E-state index in [0.717, 1.165) is 9.75 Å². The summed E-state index contributed by atoms with van der Waals surface area (Å²) in [4.78, 5) is 26.0. The lowest BCUT2D eigenvalue weighted by molar-refractivity contribution is -0.136. The van der Waals surface area contributed by atoms with Crippen LogP contribution < -0.4 is 9.47 Å². The number of hydrogen-bond donors (Lipinski definition) is 0. The molecule has 1 aromatic heterocycles. The largest absolute Gasteiger partial charge is 0.493 e. The highest BCUT2D eigenvalue weighted by atomic mass is 35.5. The maximum Gasteiger partial charge on any atom is 0.331 e. The first-order valence-electron chi connectivity index (χ1n) is 8.31. The number of ether oxygens (including phenoxy) is 3. The van der Waals surface area contributed by atoms with Crippen LogP contribution in [0.4, 0.5) is 0 Å². The van der Waals surface area contributed by atoms with Gasteiger partial charge in [0.25, 0.3) is 0 Å². The zero-order valence-electron chi connectivity index (χ0n) is 15.6. The molecule has 7 heteroatoms. The number of carbonyl (C=O) groups excluding carboxylic acids is 2. The van der Waals surface area contributed by atoms with Gasteiger partial charge in [-0.25, -0.2) is 4.79 Å². The predicted octanol–water partition coefficient (Wildman–Crippen LogP) is 4.86. The molecule has 0 amide bonds. The van der Waals surface area contributed by atoms with Crippen LogP contribution in [-0.4, -0.2) is 32.1 Å². The van der Waals surface area contributed by atoms with Crippen molar-refractivity contribution in [2.75, 3.05) is 20.3 Å². The number of ketones is 1. The molecular weight excluding hydrogens is 388 g/mol. The fourth-order valence-electron chi connectivity index (χ4n) is 2.45. The Morgan fingerprint density at radius 1 is 1.22 bits per heavy atom. The van der Waals surface area contributed by atoms with Crippen molar-refractivity contribution in [3.63, 3.8) is 0 Å². The van der Waals surface area contributed by atoms with Gasteiger partial charge in [0, 0.05) is 21.4 Å². The summed E-state index contributed by atoms with van der Waals surface area (Å²) in [5, 5.41) is 0.377. The highest BCUT2D eigenvalue weighted by Gasteiger charge is 2.14. The van der Waals surface area contributed by atoms with E-state index in [0.29, 0.717) is 34.3 Å². The Morgan fingerprint density at radius 2 is 1.96 bits per heavy atom. The van der Waals surface area contributed by atoms with E-state index in [4.69, 9.17) is 25.8 Å². The molecule has 0 saturated heterocycles. The van der Waals surface area contributed by atoms with Crippen LogP contribution in [0, 0.1) is 13.8 Å². The van der Waals surface area contributed by atoms with E-state index in [1.807, 2.05) is 20.8 Å². The van der Waals surface area contributed by atoms with E-state index in [-0.39, 0.29) is 12.4 Å². The topological polar surface area (TPSA) is 61.8 Å². The summed E-state index contributed by atoms with van der Waals surface area (Å²) in [5.41, 5.74) is 1.24. The van der Waals surface area contributed by atoms with Gasteiger partial charge in [0.15, 0.2) is 18.1 Å². The van der Waals surface area contributed by atoms with E-state index in [2.05, 4.69) is 0 Å². The first-order chi connectivity index (χ1) is 12.8. The molecule has 1 heterocycles. The fraction of sp³-hybridized carbons (Fsp3) is 0.300. The number of aryl methyl sites for hydroxylation is 2. The van der Waals surface area contributed by atoms with E-state index in [1.165, 1.54) is 30.6 Å². The summed E-state index contributed by atoms with van der Waals surface area (Å²) in [6.07, 6.45) is 2.78. The van der Waals surface area contributed by atoms with Crippen molar-refractivity contribution in [2.24, 2.45) is 0 Å². The molecule has 27 heavy (non-hydrogen) atoms. The molecular formula is C20H21ClO5S. The molecule has 2 aromatic rings. The van der Waals surface area contributed by atoms with Crippen LogP contribution >= 0.6 is 22.9 Å². The second-order valence-electron chi connectivity index (χ2n) is 5.66. The molecule has 5 nitrogen and oxygen atoms in total. The van der Waals surface area contributed by atoms with Crippen molar-refractivity contribution in [3.05, 3.63) is 50.2 Å². The average molecular weight is 409 g/mol. The molecule has 2 rings (SSSR count). The van der Waals surface area contributed by atoms with Crippen molar-refractivity contribution in [2.45, 2.75) is 20.8 Å². The number of benzene rings is 1. The molecule has 0 bridgehead atoms. The highest BCUT2D eigenvalue weighted by molar-refractivity contribution is 7.12. The van der Waals surface area contributed by atoms with Gasteiger partial charge in [-0.3, -0.25) is 4.79 Å². The monoisotopic (exact) mass is 408 g/mol. The number of halogens is 1. The molecule has 144 valence electrons. The van der Waals surface area contributed by atoms with Gasteiger partial charge >= 0.3 is 5.97 Å². The van der Waals surface area contributed by atoms with Gasteiger partial charge in [-0.05, 0) is 50.6 Å². The summed E-state index contributed by atoms with van der Waals surface area (Å²) in [5.74, 6) is 0.0885. The number of Topliss-reactive ketones (excluding diaryl/α,β-unsaturated/α-hetero) is 1. The molecule has 0 aliphatic carbocycles. The second kappa shape index (κ2) is 9.58. The Hall–Kier alpha value is -2.31. The summed E-state index contributed by atoms with van der Waals surface area (Å²) < 4.78 is 15.7. The van der Waals surface area contributed by atoms with Crippen LogP contribution in [0.15, 0.2) is 24.3 Å². The van der Waals surface area contributed by atoms with Gasteiger partial charge in [-0.2, -0.15) is 0 Å². The number of thiophene rings is 1. The summed E-state index contributed by atoms with van der Waals surface area (Å²) in [7, 11) is 1.51. The quantitative estimate of drug-likeness (QED) is 0.354. The normalized spacial score (nSPS) is 10.9. The van der Waals surface area contributed by atoms with Crippen molar-refractivity contribution in [1.29, 1.82) is 0 Å². The summed E-state index contributed by atoms with van der Waals surface area (Å²) in [6, 6.07) is 5.16. The number of carbonyl (C=O) groups is 2. The van der Waals surface area contributed by atoms with Crippen molar-refractivity contribution in [3.8, 4) is 11.5 Å². The van der Waals surface area contributed by atoms with Crippen LogP contribution in [0.3, 0.4) is 0 Å². The lowest BCUT2D eigenvalue weighted by atomic mass is 10.1. The van der Waals surface area contributed by atoms with E-state index >= 15 is 0 Å². The number of hydrogen-bond acceptors (Lipinski definition) is 6. The first kappa shape index (κ1) is 21.0.